The van der Waals surface area contributed by atoms with Crippen molar-refractivity contribution in [2.75, 3.05) is 6.79 Å². The summed E-state index contributed by atoms with van der Waals surface area (Å²) in [5.41, 5.74) is 3.00. The van der Waals surface area contributed by atoms with E-state index in [0.717, 1.165) is 16.5 Å². The summed E-state index contributed by atoms with van der Waals surface area (Å²) in [5.74, 6) is 0.434. The van der Waals surface area contributed by atoms with Crippen LogP contribution in [0.3, 0.4) is 0 Å². The van der Waals surface area contributed by atoms with E-state index in [2.05, 4.69) is 5.23 Å². The summed E-state index contributed by atoms with van der Waals surface area (Å²) in [7, 11) is 5.63. The van der Waals surface area contributed by atoms with Gasteiger partial charge in [-0.2, -0.15) is 0 Å². The highest BCUT2D eigenvalue weighted by Crippen LogP contribution is 2.41. The second kappa shape index (κ2) is 6.77. The first-order chi connectivity index (χ1) is 14.5. The molecule has 30 heavy (non-hydrogen) atoms. The Kier molecular flexibility index (Phi) is 4.18. The Bertz CT molecular complexity index is 1290. The van der Waals surface area contributed by atoms with Gasteiger partial charge in [0.2, 0.25) is 6.79 Å². The quantitative estimate of drug-likeness (QED) is 0.384. The van der Waals surface area contributed by atoms with Crippen LogP contribution < -0.4 is 20.3 Å². The maximum Gasteiger partial charge on any atom is 0.302 e. The highest BCUT2D eigenvalue weighted by atomic mass is 16.7. The van der Waals surface area contributed by atoms with Gasteiger partial charge in [-0.05, 0) is 11.6 Å². The van der Waals surface area contributed by atoms with Crippen LogP contribution in [0.4, 0.5) is 0 Å². The number of rotatable bonds is 4. The van der Waals surface area contributed by atoms with E-state index in [-0.39, 0.29) is 31.3 Å². The third kappa shape index (κ3) is 2.72. The highest BCUT2D eigenvalue weighted by Gasteiger charge is 2.29. The van der Waals surface area contributed by atoms with Gasteiger partial charge in [-0.15, -0.1) is 0 Å². The lowest BCUT2D eigenvalue weighted by atomic mass is 9.99. The molecular formula is C20H16BN3O6. The SMILES string of the molecule is [B]NCc1c2c(nc3cc4c(cc13)OCO4)-c1cc(O)c(COC(C)=O)c(=O)n1C2. The zero-order chi connectivity index (χ0) is 21.0. The van der Waals surface area contributed by atoms with Gasteiger partial charge in [-0.3, -0.25) is 9.59 Å². The number of pyridine rings is 2. The lowest BCUT2D eigenvalue weighted by Crippen LogP contribution is -2.24. The van der Waals surface area contributed by atoms with Crippen molar-refractivity contribution in [1.29, 1.82) is 0 Å². The Morgan fingerprint density at radius 2 is 2.07 bits per heavy atom. The third-order valence-electron chi connectivity index (χ3n) is 5.33. The van der Waals surface area contributed by atoms with Crippen molar-refractivity contribution in [3.05, 3.63) is 45.2 Å². The smallest absolute Gasteiger partial charge is 0.302 e. The van der Waals surface area contributed by atoms with Crippen molar-refractivity contribution in [2.45, 2.75) is 26.6 Å². The van der Waals surface area contributed by atoms with Crippen molar-refractivity contribution < 1.29 is 24.1 Å². The Hall–Kier alpha value is -3.53. The van der Waals surface area contributed by atoms with Crippen LogP contribution in [0, 0.1) is 0 Å². The van der Waals surface area contributed by atoms with Crippen molar-refractivity contribution >= 4 is 24.9 Å². The fraction of sp³-hybridized carbons (Fsp3) is 0.250. The van der Waals surface area contributed by atoms with E-state index in [1.165, 1.54) is 17.6 Å². The van der Waals surface area contributed by atoms with Gasteiger partial charge in [0.25, 0.3) is 5.56 Å². The molecule has 2 N–H and O–H groups in total. The molecule has 10 heteroatoms. The Balaban J connectivity index is 1.72. The number of nitrogens with zero attached hydrogens (tertiary/aromatic N) is 2. The number of aromatic hydroxyl groups is 1. The number of esters is 1. The average Bonchev–Trinajstić information content (AvgIpc) is 3.30. The summed E-state index contributed by atoms with van der Waals surface area (Å²) in [5, 5.41) is 13.9. The van der Waals surface area contributed by atoms with E-state index in [9.17, 15) is 14.7 Å². The van der Waals surface area contributed by atoms with Crippen LogP contribution in [0.1, 0.15) is 23.6 Å². The number of ether oxygens (including phenoxy) is 3. The van der Waals surface area contributed by atoms with Crippen LogP contribution in [0.15, 0.2) is 23.0 Å². The van der Waals surface area contributed by atoms with Gasteiger partial charge in [0, 0.05) is 36.6 Å². The molecule has 2 aliphatic rings. The largest absolute Gasteiger partial charge is 0.507 e. The van der Waals surface area contributed by atoms with Crippen molar-refractivity contribution in [3.63, 3.8) is 0 Å². The monoisotopic (exact) mass is 405 g/mol. The van der Waals surface area contributed by atoms with Crippen molar-refractivity contribution in [3.8, 4) is 28.6 Å². The number of carbonyl (C=O) groups excluding carboxylic acids is 1. The molecule has 2 aromatic heterocycles. The maximum atomic E-state index is 13.0. The summed E-state index contributed by atoms with van der Waals surface area (Å²) < 4.78 is 17.4. The molecule has 0 unspecified atom stereocenters. The zero-order valence-corrected chi connectivity index (χ0v) is 16.0. The van der Waals surface area contributed by atoms with E-state index in [1.54, 1.807) is 6.07 Å². The average molecular weight is 405 g/mol. The fourth-order valence-electron chi connectivity index (χ4n) is 3.94. The Morgan fingerprint density at radius 3 is 2.80 bits per heavy atom. The van der Waals surface area contributed by atoms with Crippen LogP contribution in [-0.4, -0.2) is 35.4 Å². The summed E-state index contributed by atoms with van der Waals surface area (Å²) >= 11 is 0. The molecule has 5 rings (SSSR count). The van der Waals surface area contributed by atoms with Gasteiger partial charge in [0.15, 0.2) is 19.5 Å². The minimum absolute atomic E-state index is 0.0191. The van der Waals surface area contributed by atoms with Crippen LogP contribution >= 0.6 is 0 Å². The first-order valence-corrected chi connectivity index (χ1v) is 9.26. The van der Waals surface area contributed by atoms with E-state index in [1.807, 2.05) is 6.07 Å². The number of benzene rings is 1. The lowest BCUT2D eigenvalue weighted by Gasteiger charge is -2.12. The predicted molar refractivity (Wildman–Crippen MR) is 106 cm³/mol. The van der Waals surface area contributed by atoms with E-state index < -0.39 is 11.5 Å². The number of hydrogen-bond acceptors (Lipinski definition) is 8. The zero-order valence-electron chi connectivity index (χ0n) is 16.0. The van der Waals surface area contributed by atoms with E-state index in [4.69, 9.17) is 27.2 Å². The number of carbonyl (C=O) groups is 1. The summed E-state index contributed by atoms with van der Waals surface area (Å²) in [6.07, 6.45) is 0. The van der Waals surface area contributed by atoms with Crippen LogP contribution in [0.2, 0.25) is 0 Å². The normalized spacial score (nSPS) is 13.4. The highest BCUT2D eigenvalue weighted by molar-refractivity contribution is 6.04. The Morgan fingerprint density at radius 1 is 1.30 bits per heavy atom. The molecule has 0 saturated heterocycles. The predicted octanol–water partition coefficient (Wildman–Crippen LogP) is 1.10. The van der Waals surface area contributed by atoms with Gasteiger partial charge in [-0.1, -0.05) is 0 Å². The molecule has 0 saturated carbocycles. The van der Waals surface area contributed by atoms with Gasteiger partial charge >= 0.3 is 5.97 Å². The molecular weight excluding hydrogens is 389 g/mol. The number of aromatic nitrogens is 2. The topological polar surface area (TPSA) is 112 Å². The molecule has 1 aromatic carbocycles. The molecule has 0 spiro atoms. The summed E-state index contributed by atoms with van der Waals surface area (Å²) in [4.78, 5) is 28.9. The minimum Gasteiger partial charge on any atom is -0.507 e. The maximum absolute atomic E-state index is 13.0. The molecule has 0 amide bonds. The second-order valence-corrected chi connectivity index (χ2v) is 7.09. The molecule has 2 radical (unpaired) electrons. The summed E-state index contributed by atoms with van der Waals surface area (Å²) in [6.45, 7) is 1.68. The minimum atomic E-state index is -0.538. The lowest BCUT2D eigenvalue weighted by molar-refractivity contribution is -0.142. The van der Waals surface area contributed by atoms with Crippen molar-refractivity contribution in [1.82, 2.24) is 14.8 Å². The molecule has 3 aromatic rings. The fourth-order valence-corrected chi connectivity index (χ4v) is 3.94. The summed E-state index contributed by atoms with van der Waals surface area (Å²) in [6, 6.07) is 5.11. The molecule has 0 atom stereocenters. The van der Waals surface area contributed by atoms with Crippen LogP contribution in [-0.2, 0) is 29.2 Å². The van der Waals surface area contributed by atoms with Gasteiger partial charge in [-0.25, -0.2) is 4.98 Å². The van der Waals surface area contributed by atoms with Crippen LogP contribution in [0.25, 0.3) is 22.3 Å². The second-order valence-electron chi connectivity index (χ2n) is 7.09. The molecule has 150 valence electrons. The van der Waals surface area contributed by atoms with Gasteiger partial charge in [0.05, 0.1) is 29.0 Å². The molecule has 0 aliphatic carbocycles. The molecule has 0 bridgehead atoms. The van der Waals surface area contributed by atoms with Crippen molar-refractivity contribution in [2.24, 2.45) is 0 Å². The number of fused-ring (bicyclic) bond motifs is 5. The molecule has 2 aliphatic heterocycles. The standard InChI is InChI=1S/C20H16BN3O6/c1-9(25)28-7-13-16(26)4-15-19-12(6-24(15)20(13)27)11(5-22-21)10-2-17-18(30-8-29-17)3-14(10)23-19/h2-4,22,26H,5-8H2,1H3. The molecule has 9 nitrogen and oxygen atoms in total. The van der Waals surface area contributed by atoms with E-state index in [0.29, 0.717) is 34.9 Å². The third-order valence-corrected chi connectivity index (χ3v) is 5.33. The number of nitrogens with one attached hydrogen (secondary N) is 1. The van der Waals surface area contributed by atoms with E-state index >= 15 is 0 Å². The molecule has 4 heterocycles. The van der Waals surface area contributed by atoms with Gasteiger partial charge < -0.3 is 29.1 Å². The first-order valence-electron chi connectivity index (χ1n) is 9.26. The number of hydrogen-bond donors (Lipinski definition) is 2. The van der Waals surface area contributed by atoms with Gasteiger partial charge in [0.1, 0.15) is 12.4 Å². The van der Waals surface area contributed by atoms with Crippen LogP contribution in [0.5, 0.6) is 17.2 Å². The molecule has 0 fully saturated rings. The first kappa shape index (κ1) is 18.5. The Labute approximate surface area is 171 Å².